The molecule has 2 aromatic carbocycles. The first-order valence-electron chi connectivity index (χ1n) is 6.49. The summed E-state index contributed by atoms with van der Waals surface area (Å²) in [5.74, 6) is 1.87. The van der Waals surface area contributed by atoms with Crippen molar-refractivity contribution < 1.29 is 0 Å². The number of hydrogen-bond acceptors (Lipinski definition) is 3. The molecule has 0 amide bonds. The van der Waals surface area contributed by atoms with Crippen LogP contribution in [0.1, 0.15) is 0 Å². The molecule has 19 heavy (non-hydrogen) atoms. The second-order valence-corrected chi connectivity index (χ2v) is 4.74. The van der Waals surface area contributed by atoms with Gasteiger partial charge in [0, 0.05) is 24.0 Å². The highest BCUT2D eigenvalue weighted by atomic mass is 15.3. The van der Waals surface area contributed by atoms with Crippen molar-refractivity contribution in [3.8, 4) is 11.4 Å². The predicted octanol–water partition coefficient (Wildman–Crippen LogP) is 3.12. The molecular weight excluding hydrogens is 234 g/mol. The van der Waals surface area contributed by atoms with Gasteiger partial charge in [0.05, 0.1) is 5.52 Å². The highest BCUT2D eigenvalue weighted by Gasteiger charge is 2.23. The molecule has 4 rings (SSSR count). The van der Waals surface area contributed by atoms with Gasteiger partial charge >= 0.3 is 0 Å². The number of anilines is 1. The molecule has 2 heterocycles. The van der Waals surface area contributed by atoms with Gasteiger partial charge in [0.15, 0.2) is 5.82 Å². The van der Waals surface area contributed by atoms with Crippen LogP contribution in [0.3, 0.4) is 0 Å². The molecule has 92 valence electrons. The molecule has 0 atom stereocenters. The average molecular weight is 247 g/mol. The zero-order valence-corrected chi connectivity index (χ0v) is 10.5. The van der Waals surface area contributed by atoms with Crippen LogP contribution in [0.5, 0.6) is 0 Å². The van der Waals surface area contributed by atoms with Crippen molar-refractivity contribution >= 4 is 16.7 Å². The van der Waals surface area contributed by atoms with Crippen molar-refractivity contribution in [2.24, 2.45) is 0 Å². The number of rotatable bonds is 2. The second-order valence-electron chi connectivity index (χ2n) is 4.74. The summed E-state index contributed by atoms with van der Waals surface area (Å²) in [5.41, 5.74) is 2.08. The lowest BCUT2D eigenvalue weighted by molar-refractivity contribution is 1.18. The minimum atomic E-state index is 0.807. The first kappa shape index (κ1) is 10.5. The Labute approximate surface area is 111 Å². The number of nitrogens with zero attached hydrogens (tertiary/aromatic N) is 3. The lowest BCUT2D eigenvalue weighted by Gasteiger charge is -2.09. The molecule has 3 nitrogen and oxygen atoms in total. The molecule has 3 aromatic rings. The molecule has 1 fully saturated rings. The topological polar surface area (TPSA) is 28.8 Å². The van der Waals surface area contributed by atoms with Crippen molar-refractivity contribution in [3.63, 3.8) is 0 Å². The Morgan fingerprint density at radius 1 is 0.789 bits per heavy atom. The zero-order valence-electron chi connectivity index (χ0n) is 10.5. The maximum absolute atomic E-state index is 4.75. The molecule has 1 aromatic heterocycles. The molecule has 0 saturated carbocycles. The van der Waals surface area contributed by atoms with E-state index in [1.807, 2.05) is 30.3 Å². The van der Waals surface area contributed by atoms with Gasteiger partial charge in [0.1, 0.15) is 5.82 Å². The van der Waals surface area contributed by atoms with Crippen molar-refractivity contribution in [1.82, 2.24) is 9.97 Å². The van der Waals surface area contributed by atoms with E-state index in [0.29, 0.717) is 0 Å². The molecule has 1 aliphatic rings. The fourth-order valence-electron chi connectivity index (χ4n) is 2.28. The van der Waals surface area contributed by atoms with Crippen LogP contribution in [0.4, 0.5) is 5.82 Å². The van der Waals surface area contributed by atoms with E-state index in [0.717, 1.165) is 41.2 Å². The zero-order chi connectivity index (χ0) is 12.7. The van der Waals surface area contributed by atoms with Gasteiger partial charge in [-0.2, -0.15) is 0 Å². The highest BCUT2D eigenvalue weighted by Crippen LogP contribution is 2.30. The number of benzene rings is 2. The van der Waals surface area contributed by atoms with E-state index in [1.54, 1.807) is 0 Å². The van der Waals surface area contributed by atoms with Crippen LogP contribution in [0, 0.1) is 0 Å². The normalized spacial score (nSPS) is 13.8. The Morgan fingerprint density at radius 3 is 2.32 bits per heavy atom. The van der Waals surface area contributed by atoms with Crippen LogP contribution in [0.15, 0.2) is 54.6 Å². The van der Waals surface area contributed by atoms with Crippen LogP contribution in [-0.2, 0) is 0 Å². The Balaban J connectivity index is 1.98. The number of aromatic nitrogens is 2. The summed E-state index contributed by atoms with van der Waals surface area (Å²) in [6, 6.07) is 18.4. The summed E-state index contributed by atoms with van der Waals surface area (Å²) in [4.78, 5) is 11.7. The third-order valence-electron chi connectivity index (χ3n) is 3.36. The first-order valence-corrected chi connectivity index (χ1v) is 6.49. The maximum atomic E-state index is 4.75. The smallest absolute Gasteiger partial charge is 0.162 e. The molecule has 0 spiro atoms. The van der Waals surface area contributed by atoms with E-state index < -0.39 is 0 Å². The average Bonchev–Trinajstić information content (AvgIpc) is 3.32. The third-order valence-corrected chi connectivity index (χ3v) is 3.36. The molecule has 1 saturated heterocycles. The molecule has 0 aliphatic carbocycles. The van der Waals surface area contributed by atoms with Crippen molar-refractivity contribution in [2.45, 2.75) is 0 Å². The lowest BCUT2D eigenvalue weighted by atomic mass is 10.2. The Hall–Kier alpha value is -2.42. The minimum Gasteiger partial charge on any atom is -0.352 e. The highest BCUT2D eigenvalue weighted by molar-refractivity contribution is 5.91. The summed E-state index contributed by atoms with van der Waals surface area (Å²) in [6.45, 7) is 2.18. The number of fused-ring (bicyclic) bond motifs is 1. The predicted molar refractivity (Wildman–Crippen MR) is 77.2 cm³/mol. The van der Waals surface area contributed by atoms with E-state index in [9.17, 15) is 0 Å². The SMILES string of the molecule is c1ccc(-c2nc(N3CC3)c3ccccc3n2)cc1. The summed E-state index contributed by atoms with van der Waals surface area (Å²) < 4.78 is 0. The van der Waals surface area contributed by atoms with Crippen molar-refractivity contribution in [1.29, 1.82) is 0 Å². The molecule has 0 radical (unpaired) electrons. The lowest BCUT2D eigenvalue weighted by Crippen LogP contribution is -2.00. The monoisotopic (exact) mass is 247 g/mol. The van der Waals surface area contributed by atoms with E-state index >= 15 is 0 Å². The quantitative estimate of drug-likeness (QED) is 0.651. The van der Waals surface area contributed by atoms with E-state index in [-0.39, 0.29) is 0 Å². The fraction of sp³-hybridized carbons (Fsp3) is 0.125. The van der Waals surface area contributed by atoms with Gasteiger partial charge < -0.3 is 4.90 Å². The van der Waals surface area contributed by atoms with Crippen LogP contribution < -0.4 is 4.90 Å². The van der Waals surface area contributed by atoms with Gasteiger partial charge in [-0.25, -0.2) is 9.97 Å². The largest absolute Gasteiger partial charge is 0.352 e. The fourth-order valence-corrected chi connectivity index (χ4v) is 2.28. The van der Waals surface area contributed by atoms with Gasteiger partial charge in [0.25, 0.3) is 0 Å². The summed E-state index contributed by atoms with van der Waals surface area (Å²) in [7, 11) is 0. The first-order chi connectivity index (χ1) is 9.42. The number of hydrogen-bond donors (Lipinski definition) is 0. The van der Waals surface area contributed by atoms with E-state index in [4.69, 9.17) is 4.98 Å². The van der Waals surface area contributed by atoms with Gasteiger partial charge in [-0.15, -0.1) is 0 Å². The van der Waals surface area contributed by atoms with Crippen molar-refractivity contribution in [2.75, 3.05) is 18.0 Å². The summed E-state index contributed by atoms with van der Waals surface area (Å²) in [5, 5.41) is 1.14. The standard InChI is InChI=1S/C16H13N3/c1-2-6-12(7-3-1)15-17-14-9-5-4-8-13(14)16(18-15)19-10-11-19/h1-9H,10-11H2. The van der Waals surface area contributed by atoms with Crippen LogP contribution in [0.25, 0.3) is 22.3 Å². The van der Waals surface area contributed by atoms with E-state index in [2.05, 4.69) is 34.1 Å². The van der Waals surface area contributed by atoms with Gasteiger partial charge in [-0.3, -0.25) is 0 Å². The molecule has 0 bridgehead atoms. The molecule has 1 aliphatic heterocycles. The van der Waals surface area contributed by atoms with Crippen LogP contribution in [-0.4, -0.2) is 23.1 Å². The molecular formula is C16H13N3. The maximum Gasteiger partial charge on any atom is 0.162 e. The van der Waals surface area contributed by atoms with Crippen molar-refractivity contribution in [3.05, 3.63) is 54.6 Å². The molecule has 0 unspecified atom stereocenters. The second kappa shape index (κ2) is 4.05. The number of para-hydroxylation sites is 1. The summed E-state index contributed by atoms with van der Waals surface area (Å²) >= 11 is 0. The third kappa shape index (κ3) is 1.83. The Kier molecular flexibility index (Phi) is 2.24. The van der Waals surface area contributed by atoms with Crippen LogP contribution >= 0.6 is 0 Å². The van der Waals surface area contributed by atoms with Gasteiger partial charge in [-0.1, -0.05) is 42.5 Å². The minimum absolute atomic E-state index is 0.807. The molecule has 0 N–H and O–H groups in total. The summed E-state index contributed by atoms with van der Waals surface area (Å²) in [6.07, 6.45) is 0. The molecule has 3 heteroatoms. The van der Waals surface area contributed by atoms with E-state index in [1.165, 1.54) is 0 Å². The van der Waals surface area contributed by atoms with Gasteiger partial charge in [-0.05, 0) is 12.1 Å². The Bertz CT molecular complexity index is 733. The van der Waals surface area contributed by atoms with Crippen LogP contribution in [0.2, 0.25) is 0 Å². The Morgan fingerprint density at radius 2 is 1.53 bits per heavy atom. The van der Waals surface area contributed by atoms with Gasteiger partial charge in [0.2, 0.25) is 0 Å².